The number of nitrogens with two attached hydrogens (primary N) is 3. The van der Waals surface area contributed by atoms with E-state index in [0.717, 1.165) is 89.6 Å². The van der Waals surface area contributed by atoms with E-state index in [-0.39, 0.29) is 47.6 Å². The molecular weight excluding hydrogens is 1160 g/mol. The highest BCUT2D eigenvalue weighted by Crippen LogP contribution is 2.52. The molecule has 4 heterocycles. The fourth-order valence-corrected chi connectivity index (χ4v) is 13.2. The Morgan fingerprint density at radius 3 is 1.74 bits per heavy atom. The van der Waals surface area contributed by atoms with Gasteiger partial charge in [-0.3, -0.25) is 34.1 Å². The van der Waals surface area contributed by atoms with Gasteiger partial charge in [-0.25, -0.2) is 19.8 Å². The van der Waals surface area contributed by atoms with Gasteiger partial charge < -0.3 is 27.8 Å². The summed E-state index contributed by atoms with van der Waals surface area (Å²) in [5.41, 5.74) is 24.5. The van der Waals surface area contributed by atoms with E-state index in [1.54, 1.807) is 25.2 Å². The molecule has 2 unspecified atom stereocenters. The minimum Gasteiger partial charge on any atom is -0.369 e. The van der Waals surface area contributed by atoms with Crippen LogP contribution < -0.4 is 27.8 Å². The van der Waals surface area contributed by atoms with Gasteiger partial charge in [-0.15, -0.1) is 0 Å². The molecule has 460 valence electrons. The van der Waals surface area contributed by atoms with Gasteiger partial charge in [-0.05, 0) is 156 Å². The number of benzene rings is 6. The Hall–Kier alpha value is -8.86. The van der Waals surface area contributed by atoms with Gasteiger partial charge in [0.1, 0.15) is 5.54 Å². The van der Waals surface area contributed by atoms with E-state index in [9.17, 15) is 19.2 Å². The van der Waals surface area contributed by atoms with Crippen LogP contribution in [0.15, 0.2) is 197 Å². The van der Waals surface area contributed by atoms with Crippen LogP contribution in [0.5, 0.6) is 0 Å². The van der Waals surface area contributed by atoms with Crippen molar-refractivity contribution in [2.45, 2.75) is 107 Å². The number of aliphatic imine (C=N–C) groups is 3. The molecule has 0 spiro atoms. The SMILES string of the molecule is CC(C)C1(c2cccc(-c3cccc(Cl)c3)c2)N=C(N)N(C)C1=O.CN1C(=O)[C@@](CCc2ccccc2)(C[C@H]2CCC[C@@H](NC(=O)NCc3ccccc3)C2)N=C1N.NC1=NC(c2cccc(-c3cccc(Cl)c3)c2)(C2CC2)C(=O)N1CCc1ccccn1. The van der Waals surface area contributed by atoms with E-state index in [0.29, 0.717) is 60.2 Å². The summed E-state index contributed by atoms with van der Waals surface area (Å²) in [6, 6.07) is 57.1. The van der Waals surface area contributed by atoms with Crippen molar-refractivity contribution >= 4 is 64.8 Å². The molecule has 18 heteroatoms. The number of amides is 5. The summed E-state index contributed by atoms with van der Waals surface area (Å²) < 4.78 is 0. The molecule has 0 radical (unpaired) electrons. The lowest BCUT2D eigenvalue weighted by atomic mass is 9.75. The summed E-state index contributed by atoms with van der Waals surface area (Å²) in [5.74, 6) is 1.14. The lowest BCUT2D eigenvalue weighted by Crippen LogP contribution is -2.46. The molecule has 2 aliphatic carbocycles. The molecule has 6 aromatic carbocycles. The lowest BCUT2D eigenvalue weighted by Gasteiger charge is -2.34. The van der Waals surface area contributed by atoms with Gasteiger partial charge in [0.2, 0.25) is 0 Å². The molecule has 89 heavy (non-hydrogen) atoms. The van der Waals surface area contributed by atoms with Gasteiger partial charge in [0.15, 0.2) is 29.0 Å². The summed E-state index contributed by atoms with van der Waals surface area (Å²) in [6.07, 6.45) is 10.2. The Kier molecular flexibility index (Phi) is 19.6. The number of guanidine groups is 3. The topological polar surface area (TPSA) is 230 Å². The zero-order valence-corrected chi connectivity index (χ0v) is 52.4. The maximum atomic E-state index is 13.7. The second-order valence-corrected chi connectivity index (χ2v) is 24.9. The molecule has 0 saturated heterocycles. The number of hydrogen-bond acceptors (Lipinski definition) is 11. The fraction of sp³-hybridized carbons (Fsp3) is 0.324. The Balaban J connectivity index is 0.000000149. The monoisotopic (exact) mass is 1230 g/mol. The van der Waals surface area contributed by atoms with Crippen molar-refractivity contribution in [3.05, 3.63) is 220 Å². The van der Waals surface area contributed by atoms with Gasteiger partial charge in [-0.1, -0.05) is 177 Å². The van der Waals surface area contributed by atoms with E-state index in [2.05, 4.69) is 38.8 Å². The highest BCUT2D eigenvalue weighted by atomic mass is 35.5. The third-order valence-electron chi connectivity index (χ3n) is 17.7. The van der Waals surface area contributed by atoms with Crippen LogP contribution in [0.1, 0.15) is 93.2 Å². The van der Waals surface area contributed by atoms with Gasteiger partial charge in [0.25, 0.3) is 17.7 Å². The molecule has 5 amide bonds. The highest BCUT2D eigenvalue weighted by Gasteiger charge is 2.58. The number of aromatic nitrogens is 1. The number of carbonyl (C=O) groups excluding carboxylic acids is 4. The zero-order chi connectivity index (χ0) is 62.9. The molecule has 0 bridgehead atoms. The number of aryl methyl sites for hydroxylation is 1. The first-order chi connectivity index (χ1) is 42.9. The summed E-state index contributed by atoms with van der Waals surface area (Å²) >= 11 is 12.3. The van der Waals surface area contributed by atoms with Crippen LogP contribution in [-0.4, -0.2) is 93.5 Å². The van der Waals surface area contributed by atoms with Crippen molar-refractivity contribution in [2.24, 2.45) is 49.9 Å². The first-order valence-corrected chi connectivity index (χ1v) is 31.3. The van der Waals surface area contributed by atoms with E-state index in [1.807, 2.05) is 172 Å². The Labute approximate surface area is 531 Å². The first-order valence-electron chi connectivity index (χ1n) is 30.6. The van der Waals surface area contributed by atoms with E-state index in [4.69, 9.17) is 50.4 Å². The molecule has 16 nitrogen and oxygen atoms in total. The molecular formula is C71H78Cl2N12O4. The molecule has 8 N–H and O–H groups in total. The second-order valence-electron chi connectivity index (χ2n) is 24.1. The average molecular weight is 1230 g/mol. The first kappa shape index (κ1) is 63.2. The number of hydrogen-bond donors (Lipinski definition) is 5. The van der Waals surface area contributed by atoms with Crippen LogP contribution >= 0.6 is 23.2 Å². The number of rotatable bonds is 17. The van der Waals surface area contributed by atoms with Crippen LogP contribution in [-0.2, 0) is 44.8 Å². The zero-order valence-electron chi connectivity index (χ0n) is 50.9. The average Bonchev–Trinajstić information content (AvgIpc) is 1.59. The summed E-state index contributed by atoms with van der Waals surface area (Å²) in [7, 11) is 3.36. The largest absolute Gasteiger partial charge is 0.369 e. The van der Waals surface area contributed by atoms with Crippen LogP contribution in [0, 0.1) is 17.8 Å². The van der Waals surface area contributed by atoms with Crippen LogP contribution in [0.3, 0.4) is 0 Å². The number of urea groups is 1. The fourth-order valence-electron chi connectivity index (χ4n) is 12.8. The second kappa shape index (κ2) is 27.7. The standard InChI is InChI=1S/C27H35N5O2.C25H23ClN4O.C19H20ClN3O/c1-32-24(33)27(31-25(32)28,16-15-20-9-4-2-5-10-20)18-22-13-8-14-23(17-22)30-26(34)29-19-21-11-6-3-7-12-21;26-21-8-4-6-18(16-21)17-5-3-7-20(15-17)25(19-10-11-19)23(31)30(24(27)29-25)14-12-22-9-1-2-13-28-22;1-12(2)19(17(24)23(3)18(21)22-19)15-8-4-6-13(10-15)14-7-5-9-16(20)11-14/h2-7,9-12,22-23H,8,13-19H2,1H3,(H2,28,31)(H2,29,30,34);1-9,13,15-16,19H,10-12,14H2,(H2,27,29);4-12H,1-3H3,(H2,21,22)/t22-,23+,27+;;/m0../s1. The maximum Gasteiger partial charge on any atom is 0.315 e. The molecule has 3 aliphatic heterocycles. The van der Waals surface area contributed by atoms with E-state index in [1.165, 1.54) is 15.4 Å². The molecule has 2 fully saturated rings. The predicted molar refractivity (Wildman–Crippen MR) is 354 cm³/mol. The van der Waals surface area contributed by atoms with Gasteiger partial charge in [0, 0.05) is 61.6 Å². The summed E-state index contributed by atoms with van der Waals surface area (Å²) in [5, 5.41) is 7.44. The number of carbonyl (C=O) groups is 4. The highest BCUT2D eigenvalue weighted by molar-refractivity contribution is 6.31. The third-order valence-corrected chi connectivity index (χ3v) is 18.2. The minimum absolute atomic E-state index is 0.0170. The van der Waals surface area contributed by atoms with Crippen molar-refractivity contribution in [3.63, 3.8) is 0 Å². The van der Waals surface area contributed by atoms with E-state index >= 15 is 0 Å². The van der Waals surface area contributed by atoms with Gasteiger partial charge >= 0.3 is 6.03 Å². The van der Waals surface area contributed by atoms with Crippen LogP contribution in [0.4, 0.5) is 4.79 Å². The molecule has 2 saturated carbocycles. The summed E-state index contributed by atoms with van der Waals surface area (Å²) in [4.78, 5) is 75.3. The maximum absolute atomic E-state index is 13.7. The normalized spacial score (nSPS) is 22.2. The smallest absolute Gasteiger partial charge is 0.315 e. The number of nitrogens with zero attached hydrogens (tertiary/aromatic N) is 7. The lowest BCUT2D eigenvalue weighted by molar-refractivity contribution is -0.133. The van der Waals surface area contributed by atoms with E-state index < -0.39 is 16.6 Å². The van der Waals surface area contributed by atoms with Crippen molar-refractivity contribution in [3.8, 4) is 22.3 Å². The van der Waals surface area contributed by atoms with Crippen molar-refractivity contribution in [1.29, 1.82) is 0 Å². The minimum atomic E-state index is -0.979. The van der Waals surface area contributed by atoms with Crippen LogP contribution in [0.25, 0.3) is 22.3 Å². The van der Waals surface area contributed by atoms with Crippen LogP contribution in [0.2, 0.25) is 10.0 Å². The third kappa shape index (κ3) is 14.2. The number of halogens is 2. The number of nitrogens with one attached hydrogen (secondary N) is 2. The molecule has 12 rings (SSSR count). The number of likely N-dealkylation sites (N-methyl/N-ethyl adjacent to an activating group) is 2. The summed E-state index contributed by atoms with van der Waals surface area (Å²) in [6.45, 7) is 4.94. The molecule has 5 atom stereocenters. The Bertz CT molecular complexity index is 3770. The quantitative estimate of drug-likeness (QED) is 0.0587. The van der Waals surface area contributed by atoms with Crippen molar-refractivity contribution in [1.82, 2.24) is 30.3 Å². The Morgan fingerprint density at radius 1 is 0.607 bits per heavy atom. The molecule has 5 aliphatic rings. The molecule has 7 aromatic rings. The van der Waals surface area contributed by atoms with Crippen molar-refractivity contribution in [2.75, 3.05) is 20.6 Å². The van der Waals surface area contributed by atoms with Gasteiger partial charge in [-0.2, -0.15) is 0 Å². The predicted octanol–water partition coefficient (Wildman–Crippen LogP) is 11.6. The van der Waals surface area contributed by atoms with Gasteiger partial charge in [0.05, 0.1) is 0 Å². The Morgan fingerprint density at radius 2 is 1.18 bits per heavy atom. The molecule has 1 aromatic heterocycles. The number of pyridine rings is 1. The van der Waals surface area contributed by atoms with Crippen molar-refractivity contribution < 1.29 is 19.2 Å².